The van der Waals surface area contributed by atoms with E-state index in [-0.39, 0.29) is 23.7 Å². The summed E-state index contributed by atoms with van der Waals surface area (Å²) in [5.41, 5.74) is 1.84. The molecule has 1 fully saturated rings. The van der Waals surface area contributed by atoms with Crippen molar-refractivity contribution in [2.75, 3.05) is 32.6 Å². The molecule has 0 spiro atoms. The van der Waals surface area contributed by atoms with Gasteiger partial charge in [-0.05, 0) is 30.0 Å². The maximum absolute atomic E-state index is 11.9. The number of esters is 1. The second kappa shape index (κ2) is 9.94. The van der Waals surface area contributed by atoms with Crippen molar-refractivity contribution in [2.24, 2.45) is 16.8 Å². The fraction of sp³-hybridized carbons (Fsp3) is 0.550. The second-order valence-corrected chi connectivity index (χ2v) is 6.91. The van der Waals surface area contributed by atoms with E-state index in [0.717, 1.165) is 30.2 Å². The quantitative estimate of drug-likeness (QED) is 0.453. The van der Waals surface area contributed by atoms with E-state index in [1.54, 1.807) is 7.05 Å². The number of ether oxygens (including phenoxy) is 1. The molecule has 1 heterocycles. The van der Waals surface area contributed by atoms with E-state index in [4.69, 9.17) is 4.74 Å². The number of nitrogens with zero attached hydrogens (tertiary/aromatic N) is 2. The number of carbonyl (C=O) groups excluding carboxylic acids is 2. The van der Waals surface area contributed by atoms with Crippen molar-refractivity contribution in [3.05, 3.63) is 29.8 Å². The van der Waals surface area contributed by atoms with E-state index >= 15 is 0 Å². The van der Waals surface area contributed by atoms with Crippen molar-refractivity contribution in [2.45, 2.75) is 33.2 Å². The zero-order chi connectivity index (χ0) is 19.8. The molecule has 2 N–H and O–H groups in total. The zero-order valence-electron chi connectivity index (χ0n) is 16.6. The minimum absolute atomic E-state index is 0.0262. The van der Waals surface area contributed by atoms with Gasteiger partial charge in [0.25, 0.3) is 0 Å². The molecule has 0 aromatic heterocycles. The molecule has 2 atom stereocenters. The van der Waals surface area contributed by atoms with E-state index < -0.39 is 0 Å². The number of hydrogen-bond donors (Lipinski definition) is 2. The summed E-state index contributed by atoms with van der Waals surface area (Å²) in [4.78, 5) is 30.1. The summed E-state index contributed by atoms with van der Waals surface area (Å²) in [5, 5.41) is 6.25. The largest absolute Gasteiger partial charge is 0.469 e. The number of amides is 1. The number of benzene rings is 1. The summed E-state index contributed by atoms with van der Waals surface area (Å²) in [5.74, 6) is 0.696. The summed E-state index contributed by atoms with van der Waals surface area (Å²) in [6.07, 6.45) is 1.34. The summed E-state index contributed by atoms with van der Waals surface area (Å²) < 4.78 is 4.90. The van der Waals surface area contributed by atoms with E-state index in [1.807, 2.05) is 31.2 Å². The first-order valence-corrected chi connectivity index (χ1v) is 9.40. The van der Waals surface area contributed by atoms with Gasteiger partial charge in [0, 0.05) is 38.8 Å². The first-order valence-electron chi connectivity index (χ1n) is 9.40. The zero-order valence-corrected chi connectivity index (χ0v) is 16.6. The van der Waals surface area contributed by atoms with Crippen LogP contribution in [0.5, 0.6) is 0 Å². The van der Waals surface area contributed by atoms with Crippen LogP contribution in [0, 0.1) is 11.8 Å². The molecule has 1 amide bonds. The van der Waals surface area contributed by atoms with E-state index in [9.17, 15) is 9.59 Å². The molecule has 0 radical (unpaired) electrons. The lowest BCUT2D eigenvalue weighted by molar-refractivity contribution is -0.146. The van der Waals surface area contributed by atoms with Crippen molar-refractivity contribution < 1.29 is 14.3 Å². The summed E-state index contributed by atoms with van der Waals surface area (Å²) in [6.45, 7) is 5.97. The van der Waals surface area contributed by atoms with Crippen LogP contribution in [-0.2, 0) is 20.9 Å². The fourth-order valence-electron chi connectivity index (χ4n) is 3.32. The lowest BCUT2D eigenvalue weighted by Crippen LogP contribution is -2.40. The van der Waals surface area contributed by atoms with Gasteiger partial charge in [0.1, 0.15) is 0 Å². The minimum Gasteiger partial charge on any atom is -0.469 e. The molecule has 0 aliphatic carbocycles. The smallest absolute Gasteiger partial charge is 0.310 e. The monoisotopic (exact) mass is 374 g/mol. The van der Waals surface area contributed by atoms with Gasteiger partial charge in [0.15, 0.2) is 5.96 Å². The Hall–Kier alpha value is -2.57. The molecular formula is C20H30N4O3. The van der Waals surface area contributed by atoms with Crippen LogP contribution in [-0.4, -0.2) is 50.0 Å². The Morgan fingerprint density at radius 1 is 1.33 bits per heavy atom. The highest BCUT2D eigenvalue weighted by atomic mass is 16.5. The molecule has 1 aromatic rings. The van der Waals surface area contributed by atoms with Crippen molar-refractivity contribution in [1.29, 1.82) is 0 Å². The lowest BCUT2D eigenvalue weighted by Gasteiger charge is -2.21. The molecule has 7 heteroatoms. The summed E-state index contributed by atoms with van der Waals surface area (Å²) >= 11 is 0. The van der Waals surface area contributed by atoms with Crippen LogP contribution in [0.25, 0.3) is 0 Å². The molecule has 2 rings (SSSR count). The third-order valence-electron chi connectivity index (χ3n) is 4.77. The van der Waals surface area contributed by atoms with Crippen molar-refractivity contribution in [3.63, 3.8) is 0 Å². The van der Waals surface area contributed by atoms with Gasteiger partial charge in [-0.25, -0.2) is 0 Å². The first kappa shape index (κ1) is 20.7. The highest BCUT2D eigenvalue weighted by molar-refractivity contribution is 5.90. The molecular weight excluding hydrogens is 344 g/mol. The Kier molecular flexibility index (Phi) is 7.64. The van der Waals surface area contributed by atoms with Crippen LogP contribution < -0.4 is 10.6 Å². The number of rotatable bonds is 6. The van der Waals surface area contributed by atoms with Crippen LogP contribution in [0.1, 0.15) is 32.3 Å². The minimum atomic E-state index is -0.170. The maximum atomic E-state index is 11.9. The number of methoxy groups -OCH3 is 1. The Labute approximate surface area is 161 Å². The van der Waals surface area contributed by atoms with Gasteiger partial charge in [-0.15, -0.1) is 0 Å². The van der Waals surface area contributed by atoms with E-state index in [0.29, 0.717) is 19.5 Å². The Morgan fingerprint density at radius 2 is 2.11 bits per heavy atom. The molecule has 0 saturated carbocycles. The number of nitrogens with one attached hydrogen (secondary N) is 2. The first-order chi connectivity index (χ1) is 13.0. The number of guanidine groups is 1. The molecule has 1 aliphatic heterocycles. The SMILES string of the molecule is CCCC(=O)Nc1cccc(CNC(=NC)N2CC(C)C(C(=O)OC)C2)c1. The molecule has 27 heavy (non-hydrogen) atoms. The molecule has 0 bridgehead atoms. The number of hydrogen-bond acceptors (Lipinski definition) is 4. The molecule has 2 unspecified atom stereocenters. The van der Waals surface area contributed by atoms with Gasteiger partial charge in [0.05, 0.1) is 13.0 Å². The van der Waals surface area contributed by atoms with E-state index in [2.05, 4.69) is 27.4 Å². The lowest BCUT2D eigenvalue weighted by atomic mass is 9.99. The van der Waals surface area contributed by atoms with Gasteiger partial charge in [-0.3, -0.25) is 14.6 Å². The Bertz CT molecular complexity index is 690. The van der Waals surface area contributed by atoms with E-state index in [1.165, 1.54) is 7.11 Å². The molecule has 1 saturated heterocycles. The number of likely N-dealkylation sites (tertiary alicyclic amines) is 1. The highest BCUT2D eigenvalue weighted by Gasteiger charge is 2.36. The van der Waals surface area contributed by atoms with Crippen LogP contribution in [0.4, 0.5) is 5.69 Å². The Morgan fingerprint density at radius 3 is 2.78 bits per heavy atom. The molecule has 148 valence electrons. The average Bonchev–Trinajstić information content (AvgIpc) is 3.03. The van der Waals surface area contributed by atoms with Gasteiger partial charge in [0.2, 0.25) is 5.91 Å². The summed E-state index contributed by atoms with van der Waals surface area (Å²) in [7, 11) is 3.16. The van der Waals surface area contributed by atoms with Crippen LogP contribution in [0.3, 0.4) is 0 Å². The third-order valence-corrected chi connectivity index (χ3v) is 4.77. The topological polar surface area (TPSA) is 83.0 Å². The van der Waals surface area contributed by atoms with Crippen molar-refractivity contribution in [1.82, 2.24) is 10.2 Å². The predicted octanol–water partition coefficient (Wildman–Crippen LogP) is 2.24. The van der Waals surface area contributed by atoms with Crippen LogP contribution in [0.15, 0.2) is 29.3 Å². The second-order valence-electron chi connectivity index (χ2n) is 6.91. The highest BCUT2D eigenvalue weighted by Crippen LogP contribution is 2.24. The Balaban J connectivity index is 1.95. The number of anilines is 1. The van der Waals surface area contributed by atoms with Gasteiger partial charge in [-0.1, -0.05) is 26.0 Å². The fourth-order valence-corrected chi connectivity index (χ4v) is 3.32. The van der Waals surface area contributed by atoms with Crippen molar-refractivity contribution >= 4 is 23.5 Å². The average molecular weight is 374 g/mol. The maximum Gasteiger partial charge on any atom is 0.310 e. The standard InChI is InChI=1S/C20H30N4O3/c1-5-7-18(25)23-16-9-6-8-15(10-16)11-22-20(21-3)24-12-14(2)17(13-24)19(26)27-4/h6,8-10,14,17H,5,7,11-13H2,1-4H3,(H,21,22)(H,23,25). The van der Waals surface area contributed by atoms with Crippen molar-refractivity contribution in [3.8, 4) is 0 Å². The third kappa shape index (κ3) is 5.70. The normalized spacial score (nSPS) is 19.7. The predicted molar refractivity (Wildman–Crippen MR) is 106 cm³/mol. The van der Waals surface area contributed by atoms with Crippen LogP contribution in [0.2, 0.25) is 0 Å². The van der Waals surface area contributed by atoms with Crippen LogP contribution >= 0.6 is 0 Å². The number of carbonyl (C=O) groups is 2. The molecule has 1 aliphatic rings. The number of aliphatic imine (C=N–C) groups is 1. The van der Waals surface area contributed by atoms with Gasteiger partial charge >= 0.3 is 5.97 Å². The van der Waals surface area contributed by atoms with Gasteiger partial charge in [-0.2, -0.15) is 0 Å². The molecule has 7 nitrogen and oxygen atoms in total. The summed E-state index contributed by atoms with van der Waals surface area (Å²) in [6, 6.07) is 7.76. The van der Waals surface area contributed by atoms with Gasteiger partial charge < -0.3 is 20.3 Å². The molecule has 1 aromatic carbocycles.